The molecule has 22 heavy (non-hydrogen) atoms. The summed E-state index contributed by atoms with van der Waals surface area (Å²) < 4.78 is 10.7. The second kappa shape index (κ2) is 7.61. The maximum Gasteiger partial charge on any atom is 0.227 e. The molecule has 2 rings (SSSR count). The molecule has 0 unspecified atom stereocenters. The molecular weight excluding hydrogens is 280 g/mol. The van der Waals surface area contributed by atoms with Crippen molar-refractivity contribution in [3.63, 3.8) is 0 Å². The van der Waals surface area contributed by atoms with E-state index in [9.17, 15) is 4.79 Å². The lowest BCUT2D eigenvalue weighted by Crippen LogP contribution is -2.49. The summed E-state index contributed by atoms with van der Waals surface area (Å²) in [6, 6.07) is 6.08. The Labute approximate surface area is 132 Å². The Bertz CT molecular complexity index is 511. The van der Waals surface area contributed by atoms with Gasteiger partial charge in [-0.25, -0.2) is 0 Å². The van der Waals surface area contributed by atoms with E-state index < -0.39 is 5.41 Å². The third kappa shape index (κ3) is 3.78. The van der Waals surface area contributed by atoms with Gasteiger partial charge in [-0.1, -0.05) is 17.7 Å². The number of nitrogens with two attached hydrogens (primary N) is 1. The number of amides is 1. The topological polar surface area (TPSA) is 73.6 Å². The van der Waals surface area contributed by atoms with Crippen LogP contribution in [-0.4, -0.2) is 39.3 Å². The van der Waals surface area contributed by atoms with E-state index in [2.05, 4.69) is 11.4 Å². The molecule has 1 heterocycles. The molecule has 5 heteroatoms. The summed E-state index contributed by atoms with van der Waals surface area (Å²) in [5.41, 5.74) is 7.68. The predicted molar refractivity (Wildman–Crippen MR) is 86.0 cm³/mol. The van der Waals surface area contributed by atoms with Crippen LogP contribution in [-0.2, 0) is 16.0 Å². The molecule has 0 bridgehead atoms. The molecule has 5 nitrogen and oxygen atoms in total. The molecule has 1 saturated heterocycles. The van der Waals surface area contributed by atoms with Gasteiger partial charge in [0.1, 0.15) is 5.75 Å². The van der Waals surface area contributed by atoms with E-state index in [-0.39, 0.29) is 5.91 Å². The highest BCUT2D eigenvalue weighted by molar-refractivity contribution is 5.83. The fourth-order valence-corrected chi connectivity index (χ4v) is 2.89. The van der Waals surface area contributed by atoms with Crippen molar-refractivity contribution in [2.45, 2.75) is 26.2 Å². The highest BCUT2D eigenvalue weighted by Gasteiger charge is 2.38. The second-order valence-electron chi connectivity index (χ2n) is 5.92. The van der Waals surface area contributed by atoms with E-state index in [4.69, 9.17) is 15.2 Å². The van der Waals surface area contributed by atoms with Gasteiger partial charge in [-0.15, -0.1) is 0 Å². The van der Waals surface area contributed by atoms with Crippen LogP contribution in [0, 0.1) is 12.3 Å². The van der Waals surface area contributed by atoms with Crippen molar-refractivity contribution in [3.05, 3.63) is 29.3 Å². The Kier molecular flexibility index (Phi) is 5.80. The van der Waals surface area contributed by atoms with E-state index in [1.54, 1.807) is 7.11 Å². The van der Waals surface area contributed by atoms with Crippen LogP contribution in [0.25, 0.3) is 0 Å². The Morgan fingerprint density at radius 1 is 1.41 bits per heavy atom. The zero-order chi connectivity index (χ0) is 16.0. The van der Waals surface area contributed by atoms with Crippen molar-refractivity contribution in [1.82, 2.24) is 5.32 Å². The number of methoxy groups -OCH3 is 1. The van der Waals surface area contributed by atoms with Crippen molar-refractivity contribution in [1.29, 1.82) is 0 Å². The molecular formula is C17H26N2O3. The van der Waals surface area contributed by atoms with E-state index >= 15 is 0 Å². The monoisotopic (exact) mass is 306 g/mol. The van der Waals surface area contributed by atoms with Crippen LogP contribution >= 0.6 is 0 Å². The molecule has 1 fully saturated rings. The minimum absolute atomic E-state index is 0.0462. The average molecular weight is 306 g/mol. The predicted octanol–water partition coefficient (Wildman–Crippen LogP) is 1.42. The average Bonchev–Trinajstić information content (AvgIpc) is 2.55. The maximum atomic E-state index is 12.5. The lowest BCUT2D eigenvalue weighted by molar-refractivity contribution is -0.135. The first kappa shape index (κ1) is 16.8. The number of carbonyl (C=O) groups excluding carboxylic acids is 1. The van der Waals surface area contributed by atoms with Gasteiger partial charge in [0.05, 0.1) is 12.5 Å². The highest BCUT2D eigenvalue weighted by Crippen LogP contribution is 2.29. The Morgan fingerprint density at radius 2 is 2.14 bits per heavy atom. The van der Waals surface area contributed by atoms with Crippen molar-refractivity contribution in [2.24, 2.45) is 11.1 Å². The SMILES string of the molecule is COc1ccc(C)cc1CCNC(=O)C1(CN)CCOCC1. The van der Waals surface area contributed by atoms with Crippen molar-refractivity contribution < 1.29 is 14.3 Å². The van der Waals surface area contributed by atoms with Crippen LogP contribution in [0.1, 0.15) is 24.0 Å². The summed E-state index contributed by atoms with van der Waals surface area (Å²) in [5.74, 6) is 0.907. The standard InChI is InChI=1S/C17H26N2O3/c1-13-3-4-15(21-2)14(11-13)5-8-19-16(20)17(12-18)6-9-22-10-7-17/h3-4,11H,5-10,12,18H2,1-2H3,(H,19,20). The van der Waals surface area contributed by atoms with Crippen LogP contribution in [0.15, 0.2) is 18.2 Å². The molecule has 1 aromatic rings. The summed E-state index contributed by atoms with van der Waals surface area (Å²) in [4.78, 5) is 12.5. The normalized spacial score (nSPS) is 17.0. The minimum Gasteiger partial charge on any atom is -0.496 e. The van der Waals surface area contributed by atoms with Crippen LogP contribution in [0.5, 0.6) is 5.75 Å². The number of aryl methyl sites for hydroxylation is 1. The summed E-state index contributed by atoms with van der Waals surface area (Å²) in [6.45, 7) is 4.22. The number of hydrogen-bond donors (Lipinski definition) is 2. The quantitative estimate of drug-likeness (QED) is 0.833. The summed E-state index contributed by atoms with van der Waals surface area (Å²) in [6.07, 6.45) is 2.14. The third-order valence-electron chi connectivity index (χ3n) is 4.44. The van der Waals surface area contributed by atoms with Crippen molar-refractivity contribution >= 4 is 5.91 Å². The maximum absolute atomic E-state index is 12.5. The molecule has 1 aliphatic heterocycles. The molecule has 1 aromatic carbocycles. The fourth-order valence-electron chi connectivity index (χ4n) is 2.89. The molecule has 1 aliphatic rings. The van der Waals surface area contributed by atoms with Crippen molar-refractivity contribution in [3.8, 4) is 5.75 Å². The lowest BCUT2D eigenvalue weighted by atomic mass is 9.79. The van der Waals surface area contributed by atoms with Gasteiger partial charge >= 0.3 is 0 Å². The summed E-state index contributed by atoms with van der Waals surface area (Å²) in [5, 5.41) is 3.03. The van der Waals surface area contributed by atoms with E-state index in [1.807, 2.05) is 19.1 Å². The van der Waals surface area contributed by atoms with Crippen LogP contribution in [0.4, 0.5) is 0 Å². The first-order chi connectivity index (χ1) is 10.6. The van der Waals surface area contributed by atoms with Crippen LogP contribution in [0.2, 0.25) is 0 Å². The van der Waals surface area contributed by atoms with E-state index in [1.165, 1.54) is 5.56 Å². The molecule has 0 aromatic heterocycles. The number of benzene rings is 1. The van der Waals surface area contributed by atoms with Gasteiger partial charge in [0.2, 0.25) is 5.91 Å². The smallest absolute Gasteiger partial charge is 0.227 e. The fraction of sp³-hybridized carbons (Fsp3) is 0.588. The van der Waals surface area contributed by atoms with Gasteiger partial charge in [0.15, 0.2) is 0 Å². The molecule has 0 saturated carbocycles. The molecule has 0 spiro atoms. The first-order valence-corrected chi connectivity index (χ1v) is 7.81. The van der Waals surface area contributed by atoms with Crippen LogP contribution < -0.4 is 15.8 Å². The number of nitrogens with one attached hydrogen (secondary N) is 1. The zero-order valence-electron chi connectivity index (χ0n) is 13.5. The molecule has 1 amide bonds. The van der Waals surface area contributed by atoms with E-state index in [0.717, 1.165) is 17.7 Å². The second-order valence-corrected chi connectivity index (χ2v) is 5.92. The summed E-state index contributed by atoms with van der Waals surface area (Å²) >= 11 is 0. The van der Waals surface area contributed by atoms with E-state index in [0.29, 0.717) is 39.1 Å². The third-order valence-corrected chi connectivity index (χ3v) is 4.44. The number of carbonyl (C=O) groups is 1. The highest BCUT2D eigenvalue weighted by atomic mass is 16.5. The Balaban J connectivity index is 1.93. The van der Waals surface area contributed by atoms with Crippen molar-refractivity contribution in [2.75, 3.05) is 33.4 Å². The zero-order valence-corrected chi connectivity index (χ0v) is 13.5. The lowest BCUT2D eigenvalue weighted by Gasteiger charge is -2.34. The largest absolute Gasteiger partial charge is 0.496 e. The Hall–Kier alpha value is -1.59. The Morgan fingerprint density at radius 3 is 2.77 bits per heavy atom. The molecule has 3 N–H and O–H groups in total. The summed E-state index contributed by atoms with van der Waals surface area (Å²) in [7, 11) is 1.66. The number of hydrogen-bond acceptors (Lipinski definition) is 4. The molecule has 0 atom stereocenters. The molecule has 122 valence electrons. The number of ether oxygens (including phenoxy) is 2. The first-order valence-electron chi connectivity index (χ1n) is 7.81. The van der Waals surface area contributed by atoms with Crippen LogP contribution in [0.3, 0.4) is 0 Å². The number of rotatable bonds is 6. The minimum atomic E-state index is -0.463. The van der Waals surface area contributed by atoms with Gasteiger partial charge in [0, 0.05) is 26.3 Å². The van der Waals surface area contributed by atoms with Gasteiger partial charge < -0.3 is 20.5 Å². The van der Waals surface area contributed by atoms with Gasteiger partial charge in [-0.2, -0.15) is 0 Å². The van der Waals surface area contributed by atoms with Gasteiger partial charge in [-0.05, 0) is 37.8 Å². The molecule has 0 radical (unpaired) electrons. The molecule has 0 aliphatic carbocycles. The van der Waals surface area contributed by atoms with Gasteiger partial charge in [-0.3, -0.25) is 4.79 Å². The van der Waals surface area contributed by atoms with Gasteiger partial charge in [0.25, 0.3) is 0 Å².